The number of anilines is 2. The van der Waals surface area contributed by atoms with E-state index in [-0.39, 0.29) is 11.1 Å². The fourth-order valence-electron chi connectivity index (χ4n) is 2.01. The molecule has 0 spiro atoms. The van der Waals surface area contributed by atoms with Gasteiger partial charge in [-0.25, -0.2) is 9.29 Å². The van der Waals surface area contributed by atoms with Crippen molar-refractivity contribution in [1.82, 2.24) is 0 Å². The number of imide groups is 1. The second kappa shape index (κ2) is 5.57. The van der Waals surface area contributed by atoms with Crippen LogP contribution in [0.1, 0.15) is 0 Å². The molecule has 106 valence electrons. The Morgan fingerprint density at radius 3 is 2.33 bits per heavy atom. The lowest BCUT2D eigenvalue weighted by atomic mass is 10.3. The van der Waals surface area contributed by atoms with Crippen molar-refractivity contribution in [2.75, 3.05) is 10.2 Å². The minimum absolute atomic E-state index is 0.361. The first kappa shape index (κ1) is 13.6. The summed E-state index contributed by atoms with van der Waals surface area (Å²) in [5.74, 6) is -0.773. The van der Waals surface area contributed by atoms with Gasteiger partial charge in [0.05, 0.1) is 5.69 Å². The number of carbonyl (C=O) groups is 2. The van der Waals surface area contributed by atoms with Gasteiger partial charge in [0.15, 0.2) is 5.37 Å². The zero-order chi connectivity index (χ0) is 14.8. The number of benzene rings is 2. The van der Waals surface area contributed by atoms with Crippen LogP contribution in [-0.2, 0) is 4.79 Å². The van der Waals surface area contributed by atoms with Gasteiger partial charge < -0.3 is 5.32 Å². The van der Waals surface area contributed by atoms with Gasteiger partial charge in [0.25, 0.3) is 11.1 Å². The Bertz CT molecular complexity index is 676. The van der Waals surface area contributed by atoms with E-state index < -0.39 is 11.2 Å². The summed E-state index contributed by atoms with van der Waals surface area (Å²) in [5.41, 5.74) is 1.13. The summed E-state index contributed by atoms with van der Waals surface area (Å²) in [5, 5.41) is 1.96. The molecule has 0 radical (unpaired) electrons. The lowest BCUT2D eigenvalue weighted by Crippen LogP contribution is -2.34. The van der Waals surface area contributed by atoms with Crippen LogP contribution in [0.4, 0.5) is 20.6 Å². The van der Waals surface area contributed by atoms with Crippen LogP contribution in [0.2, 0.25) is 0 Å². The van der Waals surface area contributed by atoms with Gasteiger partial charge in [0.1, 0.15) is 5.82 Å². The predicted octanol–water partition coefficient (Wildman–Crippen LogP) is 3.46. The first-order valence-electron chi connectivity index (χ1n) is 6.27. The minimum Gasteiger partial charge on any atom is -0.365 e. The molecule has 0 bridgehead atoms. The van der Waals surface area contributed by atoms with Gasteiger partial charge in [-0.3, -0.25) is 9.59 Å². The number of amides is 2. The summed E-state index contributed by atoms with van der Waals surface area (Å²) in [6, 6.07) is 14.4. The van der Waals surface area contributed by atoms with Crippen LogP contribution in [0, 0.1) is 5.82 Å². The maximum Gasteiger partial charge on any atom is 0.295 e. The van der Waals surface area contributed by atoms with E-state index in [2.05, 4.69) is 5.32 Å². The standard InChI is InChI=1S/C15H11FN2O2S/c16-10-6-8-12(9-7-10)18-14(19)13(21-15(18)20)17-11-4-2-1-3-5-11/h1-9,13,17H. The van der Waals surface area contributed by atoms with E-state index >= 15 is 0 Å². The molecule has 3 rings (SSSR count). The Morgan fingerprint density at radius 1 is 1.00 bits per heavy atom. The third kappa shape index (κ3) is 2.75. The smallest absolute Gasteiger partial charge is 0.295 e. The van der Waals surface area contributed by atoms with Crippen molar-refractivity contribution in [3.05, 3.63) is 60.4 Å². The summed E-state index contributed by atoms with van der Waals surface area (Å²) in [4.78, 5) is 25.4. The number of rotatable bonds is 3. The SMILES string of the molecule is O=C1SC(Nc2ccccc2)C(=O)N1c1ccc(F)cc1. The van der Waals surface area contributed by atoms with Crippen LogP contribution in [0.3, 0.4) is 0 Å². The number of carbonyl (C=O) groups excluding carboxylic acids is 2. The Balaban J connectivity index is 1.80. The number of hydrogen-bond donors (Lipinski definition) is 1. The summed E-state index contributed by atoms with van der Waals surface area (Å²) in [7, 11) is 0. The summed E-state index contributed by atoms with van der Waals surface area (Å²) in [6.07, 6.45) is 0. The highest BCUT2D eigenvalue weighted by Crippen LogP contribution is 2.32. The second-order valence-corrected chi connectivity index (χ2v) is 5.48. The topological polar surface area (TPSA) is 49.4 Å². The van der Waals surface area contributed by atoms with Crippen molar-refractivity contribution < 1.29 is 14.0 Å². The van der Waals surface area contributed by atoms with Gasteiger partial charge >= 0.3 is 0 Å². The van der Waals surface area contributed by atoms with Crippen molar-refractivity contribution in [3.8, 4) is 0 Å². The fraction of sp³-hybridized carbons (Fsp3) is 0.0667. The molecule has 1 aliphatic heterocycles. The van der Waals surface area contributed by atoms with Gasteiger partial charge in [-0.15, -0.1) is 0 Å². The first-order valence-corrected chi connectivity index (χ1v) is 7.15. The monoisotopic (exact) mass is 302 g/mol. The van der Waals surface area contributed by atoms with E-state index in [9.17, 15) is 14.0 Å². The number of nitrogens with zero attached hydrogens (tertiary/aromatic N) is 1. The van der Waals surface area contributed by atoms with Crippen molar-refractivity contribution in [2.45, 2.75) is 5.37 Å². The van der Waals surface area contributed by atoms with Crippen LogP contribution in [-0.4, -0.2) is 16.5 Å². The van der Waals surface area contributed by atoms with Crippen LogP contribution < -0.4 is 10.2 Å². The number of thioether (sulfide) groups is 1. The molecular weight excluding hydrogens is 291 g/mol. The van der Waals surface area contributed by atoms with E-state index in [1.807, 2.05) is 30.3 Å². The largest absolute Gasteiger partial charge is 0.365 e. The zero-order valence-corrected chi connectivity index (χ0v) is 11.6. The Labute approximate surface area is 124 Å². The van der Waals surface area contributed by atoms with Gasteiger partial charge in [-0.05, 0) is 48.2 Å². The first-order chi connectivity index (χ1) is 10.1. The molecule has 6 heteroatoms. The summed E-state index contributed by atoms with van der Waals surface area (Å²) < 4.78 is 12.9. The molecule has 0 aliphatic carbocycles. The van der Waals surface area contributed by atoms with E-state index in [1.54, 1.807) is 0 Å². The van der Waals surface area contributed by atoms with Crippen LogP contribution in [0.15, 0.2) is 54.6 Å². The average molecular weight is 302 g/mol. The molecule has 1 saturated heterocycles. The average Bonchev–Trinajstić information content (AvgIpc) is 2.76. The van der Waals surface area contributed by atoms with Gasteiger partial charge in [0.2, 0.25) is 0 Å². The van der Waals surface area contributed by atoms with Crippen LogP contribution in [0.25, 0.3) is 0 Å². The highest BCUT2D eigenvalue weighted by molar-refractivity contribution is 8.16. The van der Waals surface area contributed by atoms with E-state index in [4.69, 9.17) is 0 Å². The molecule has 1 fully saturated rings. The molecule has 1 N–H and O–H groups in total. The van der Waals surface area contributed by atoms with Gasteiger partial charge in [-0.2, -0.15) is 0 Å². The van der Waals surface area contributed by atoms with Gasteiger partial charge in [0, 0.05) is 5.69 Å². The Kier molecular flexibility index (Phi) is 3.62. The number of nitrogens with one attached hydrogen (secondary N) is 1. The molecule has 1 heterocycles. The number of hydrogen-bond acceptors (Lipinski definition) is 4. The molecule has 2 aromatic carbocycles. The molecule has 2 aromatic rings. The lowest BCUT2D eigenvalue weighted by Gasteiger charge is -2.14. The van der Waals surface area contributed by atoms with Crippen molar-refractivity contribution >= 4 is 34.3 Å². The molecule has 2 amide bonds. The molecule has 0 aromatic heterocycles. The predicted molar refractivity (Wildman–Crippen MR) is 80.7 cm³/mol. The van der Waals surface area contributed by atoms with Crippen molar-refractivity contribution in [2.24, 2.45) is 0 Å². The van der Waals surface area contributed by atoms with Crippen molar-refractivity contribution in [3.63, 3.8) is 0 Å². The molecule has 4 nitrogen and oxygen atoms in total. The summed E-state index contributed by atoms with van der Waals surface area (Å²) >= 11 is 0.908. The van der Waals surface area contributed by atoms with Crippen LogP contribution >= 0.6 is 11.8 Å². The van der Waals surface area contributed by atoms with Crippen LogP contribution in [0.5, 0.6) is 0 Å². The maximum atomic E-state index is 12.9. The molecule has 1 aliphatic rings. The Hall–Kier alpha value is -2.34. The van der Waals surface area contributed by atoms with E-state index in [1.165, 1.54) is 24.3 Å². The molecular formula is C15H11FN2O2S. The van der Waals surface area contributed by atoms with E-state index in [0.29, 0.717) is 5.69 Å². The Morgan fingerprint density at radius 2 is 1.67 bits per heavy atom. The quantitative estimate of drug-likeness (QED) is 0.943. The summed E-state index contributed by atoms with van der Waals surface area (Å²) in [6.45, 7) is 0. The van der Waals surface area contributed by atoms with E-state index in [0.717, 1.165) is 22.3 Å². The van der Waals surface area contributed by atoms with Gasteiger partial charge in [-0.1, -0.05) is 18.2 Å². The number of halogens is 1. The van der Waals surface area contributed by atoms with Crippen molar-refractivity contribution in [1.29, 1.82) is 0 Å². The zero-order valence-electron chi connectivity index (χ0n) is 10.8. The molecule has 1 unspecified atom stereocenters. The normalized spacial score (nSPS) is 18.1. The second-order valence-electron chi connectivity index (χ2n) is 4.42. The number of para-hydroxylation sites is 1. The third-order valence-corrected chi connectivity index (χ3v) is 3.94. The highest BCUT2D eigenvalue weighted by atomic mass is 32.2. The maximum absolute atomic E-state index is 12.9. The third-order valence-electron chi connectivity index (χ3n) is 3.00. The molecule has 0 saturated carbocycles. The molecule has 1 atom stereocenters. The highest BCUT2D eigenvalue weighted by Gasteiger charge is 2.40. The molecule has 21 heavy (non-hydrogen) atoms. The minimum atomic E-state index is -0.676. The lowest BCUT2D eigenvalue weighted by molar-refractivity contribution is -0.116. The fourth-order valence-corrected chi connectivity index (χ4v) is 2.91.